The molecular weight excluding hydrogens is 252 g/mol. The third-order valence-electron chi connectivity index (χ3n) is 3.66. The van der Waals surface area contributed by atoms with E-state index in [1.807, 2.05) is 0 Å². The van der Waals surface area contributed by atoms with Crippen LogP contribution >= 0.6 is 11.8 Å². The summed E-state index contributed by atoms with van der Waals surface area (Å²) >= 11 is 2.10. The van der Waals surface area contributed by atoms with E-state index in [4.69, 9.17) is 0 Å². The summed E-state index contributed by atoms with van der Waals surface area (Å²) in [6.45, 7) is 9.17. The second-order valence-corrected chi connectivity index (χ2v) is 6.85. The summed E-state index contributed by atoms with van der Waals surface area (Å²) in [5.74, 6) is 1.26. The molecule has 0 aliphatic carbocycles. The van der Waals surface area contributed by atoms with Crippen molar-refractivity contribution in [2.45, 2.75) is 31.6 Å². The molecule has 1 aromatic carbocycles. The average Bonchev–Trinajstić information content (AvgIpc) is 2.45. The van der Waals surface area contributed by atoms with Crippen molar-refractivity contribution in [3.05, 3.63) is 35.9 Å². The van der Waals surface area contributed by atoms with E-state index in [0.29, 0.717) is 6.04 Å². The highest BCUT2D eigenvalue weighted by Crippen LogP contribution is 2.26. The van der Waals surface area contributed by atoms with Crippen molar-refractivity contribution in [3.63, 3.8) is 0 Å². The third-order valence-corrected chi connectivity index (χ3v) is 4.80. The topological polar surface area (TPSA) is 15.3 Å². The molecule has 2 nitrogen and oxygen atoms in total. The van der Waals surface area contributed by atoms with Crippen LogP contribution in [0.15, 0.2) is 30.3 Å². The predicted molar refractivity (Wildman–Crippen MR) is 85.8 cm³/mol. The van der Waals surface area contributed by atoms with E-state index in [0.717, 1.165) is 18.3 Å². The van der Waals surface area contributed by atoms with Crippen molar-refractivity contribution in [2.75, 3.05) is 31.9 Å². The molecule has 1 saturated heterocycles. The van der Waals surface area contributed by atoms with Crippen molar-refractivity contribution in [1.82, 2.24) is 10.2 Å². The standard InChI is InChI=1S/C16H26N2S/c1-3-9-17-12-16(15-7-5-4-6-8-15)18-10-11-19-14(2)13-18/h4-8,14,16-17H,3,9-13H2,1-2H3. The summed E-state index contributed by atoms with van der Waals surface area (Å²) in [6, 6.07) is 11.5. The highest BCUT2D eigenvalue weighted by atomic mass is 32.2. The van der Waals surface area contributed by atoms with E-state index in [1.54, 1.807) is 0 Å². The SMILES string of the molecule is CCCNCC(c1ccccc1)N1CCSC(C)C1. The molecule has 1 aromatic rings. The van der Waals surface area contributed by atoms with E-state index in [9.17, 15) is 0 Å². The van der Waals surface area contributed by atoms with Gasteiger partial charge in [-0.05, 0) is 18.5 Å². The van der Waals surface area contributed by atoms with Gasteiger partial charge >= 0.3 is 0 Å². The molecule has 106 valence electrons. The summed E-state index contributed by atoms with van der Waals surface area (Å²) < 4.78 is 0. The van der Waals surface area contributed by atoms with Gasteiger partial charge in [0, 0.05) is 36.7 Å². The van der Waals surface area contributed by atoms with Gasteiger partial charge in [-0.2, -0.15) is 11.8 Å². The Hall–Kier alpha value is -0.510. The molecule has 1 N–H and O–H groups in total. The quantitative estimate of drug-likeness (QED) is 0.805. The first kappa shape index (κ1) is 14.9. The van der Waals surface area contributed by atoms with Crippen LogP contribution in [-0.2, 0) is 0 Å². The lowest BCUT2D eigenvalue weighted by Crippen LogP contribution is -2.43. The molecule has 1 fully saturated rings. The Kier molecular flexibility index (Phi) is 6.21. The molecule has 0 bridgehead atoms. The fraction of sp³-hybridized carbons (Fsp3) is 0.625. The predicted octanol–water partition coefficient (Wildman–Crippen LogP) is 3.16. The molecule has 0 amide bonds. The zero-order chi connectivity index (χ0) is 13.5. The Balaban J connectivity index is 2.05. The molecule has 2 rings (SSSR count). The fourth-order valence-electron chi connectivity index (χ4n) is 2.68. The first-order valence-electron chi connectivity index (χ1n) is 7.42. The van der Waals surface area contributed by atoms with Crippen molar-refractivity contribution in [1.29, 1.82) is 0 Å². The monoisotopic (exact) mass is 278 g/mol. The van der Waals surface area contributed by atoms with Crippen molar-refractivity contribution >= 4 is 11.8 Å². The molecule has 2 atom stereocenters. The van der Waals surface area contributed by atoms with Crippen LogP contribution in [-0.4, -0.2) is 42.1 Å². The highest BCUT2D eigenvalue weighted by Gasteiger charge is 2.24. The van der Waals surface area contributed by atoms with Gasteiger partial charge in [-0.15, -0.1) is 0 Å². The third kappa shape index (κ3) is 4.51. The van der Waals surface area contributed by atoms with Crippen LogP contribution in [0.2, 0.25) is 0 Å². The van der Waals surface area contributed by atoms with Crippen LogP contribution in [0.3, 0.4) is 0 Å². The Morgan fingerprint density at radius 1 is 1.37 bits per heavy atom. The van der Waals surface area contributed by atoms with E-state index in [-0.39, 0.29) is 0 Å². The first-order valence-corrected chi connectivity index (χ1v) is 8.47. The molecule has 0 spiro atoms. The lowest BCUT2D eigenvalue weighted by molar-refractivity contribution is 0.201. The van der Waals surface area contributed by atoms with Gasteiger partial charge in [0.15, 0.2) is 0 Å². The molecule has 19 heavy (non-hydrogen) atoms. The molecule has 1 aliphatic rings. The zero-order valence-electron chi connectivity index (χ0n) is 12.1. The Labute approximate surface area is 122 Å². The van der Waals surface area contributed by atoms with Gasteiger partial charge in [-0.25, -0.2) is 0 Å². The minimum absolute atomic E-state index is 0.524. The number of thioether (sulfide) groups is 1. The van der Waals surface area contributed by atoms with Crippen LogP contribution in [0.4, 0.5) is 0 Å². The van der Waals surface area contributed by atoms with E-state index < -0.39 is 0 Å². The lowest BCUT2D eigenvalue weighted by Gasteiger charge is -2.37. The second-order valence-electron chi connectivity index (χ2n) is 5.31. The van der Waals surface area contributed by atoms with Crippen LogP contribution in [0.1, 0.15) is 31.9 Å². The molecule has 1 heterocycles. The summed E-state index contributed by atoms with van der Waals surface area (Å²) in [6.07, 6.45) is 1.20. The van der Waals surface area contributed by atoms with Crippen molar-refractivity contribution in [2.24, 2.45) is 0 Å². The maximum Gasteiger partial charge on any atom is 0.0473 e. The van der Waals surface area contributed by atoms with E-state index in [1.165, 1.54) is 30.8 Å². The lowest BCUT2D eigenvalue weighted by atomic mass is 10.0. The molecule has 1 aliphatic heterocycles. The Morgan fingerprint density at radius 3 is 2.84 bits per heavy atom. The Bertz CT molecular complexity index is 355. The maximum atomic E-state index is 3.60. The molecule has 0 radical (unpaired) electrons. The molecule has 0 saturated carbocycles. The molecule has 0 aromatic heterocycles. The molecule has 3 heteroatoms. The minimum atomic E-state index is 0.524. The zero-order valence-corrected chi connectivity index (χ0v) is 13.0. The molecule has 2 unspecified atom stereocenters. The summed E-state index contributed by atoms with van der Waals surface area (Å²) in [5.41, 5.74) is 1.45. The van der Waals surface area contributed by atoms with Gasteiger partial charge in [0.25, 0.3) is 0 Å². The number of hydrogen-bond donors (Lipinski definition) is 1. The summed E-state index contributed by atoms with van der Waals surface area (Å²) in [5, 5.41) is 4.35. The van der Waals surface area contributed by atoms with Gasteiger partial charge in [0.05, 0.1) is 0 Å². The summed E-state index contributed by atoms with van der Waals surface area (Å²) in [7, 11) is 0. The van der Waals surface area contributed by atoms with Gasteiger partial charge in [-0.3, -0.25) is 4.90 Å². The summed E-state index contributed by atoms with van der Waals surface area (Å²) in [4.78, 5) is 2.65. The Morgan fingerprint density at radius 2 is 2.16 bits per heavy atom. The molecular formula is C16H26N2S. The second kappa shape index (κ2) is 7.93. The normalized spacial score (nSPS) is 22.3. The number of nitrogens with zero attached hydrogens (tertiary/aromatic N) is 1. The maximum absolute atomic E-state index is 3.60. The average molecular weight is 278 g/mol. The van der Waals surface area contributed by atoms with E-state index >= 15 is 0 Å². The van der Waals surface area contributed by atoms with Gasteiger partial charge in [-0.1, -0.05) is 44.2 Å². The number of nitrogens with one attached hydrogen (secondary N) is 1. The number of benzene rings is 1. The first-order chi connectivity index (χ1) is 9.31. The number of rotatable bonds is 6. The number of hydrogen-bond acceptors (Lipinski definition) is 3. The smallest absolute Gasteiger partial charge is 0.0473 e. The largest absolute Gasteiger partial charge is 0.315 e. The fourth-order valence-corrected chi connectivity index (χ4v) is 3.72. The van der Waals surface area contributed by atoms with Crippen molar-refractivity contribution in [3.8, 4) is 0 Å². The van der Waals surface area contributed by atoms with Crippen LogP contribution in [0.25, 0.3) is 0 Å². The van der Waals surface area contributed by atoms with Crippen LogP contribution in [0, 0.1) is 0 Å². The van der Waals surface area contributed by atoms with Crippen molar-refractivity contribution < 1.29 is 0 Å². The van der Waals surface area contributed by atoms with Crippen LogP contribution in [0.5, 0.6) is 0 Å². The van der Waals surface area contributed by atoms with Gasteiger partial charge < -0.3 is 5.32 Å². The van der Waals surface area contributed by atoms with E-state index in [2.05, 4.69) is 66.2 Å². The van der Waals surface area contributed by atoms with Crippen LogP contribution < -0.4 is 5.32 Å². The highest BCUT2D eigenvalue weighted by molar-refractivity contribution is 7.99. The van der Waals surface area contributed by atoms with Gasteiger partial charge in [0.1, 0.15) is 0 Å². The van der Waals surface area contributed by atoms with Gasteiger partial charge in [0.2, 0.25) is 0 Å². The minimum Gasteiger partial charge on any atom is -0.315 e.